The third-order valence-corrected chi connectivity index (χ3v) is 6.78. The molecular weight excluding hydrogens is 426 g/mol. The van der Waals surface area contributed by atoms with Crippen LogP contribution < -0.4 is 16.0 Å². The highest BCUT2D eigenvalue weighted by Gasteiger charge is 2.32. The molecule has 32 heavy (non-hydrogen) atoms. The number of carbonyl (C=O) groups is 1. The fourth-order valence-corrected chi connectivity index (χ4v) is 4.77. The normalized spacial score (nSPS) is 22.2. The number of anilines is 1. The molecule has 0 saturated heterocycles. The molecule has 1 saturated carbocycles. The smallest absolute Gasteiger partial charge is 0.251 e. The second kappa shape index (κ2) is 9.73. The minimum absolute atomic E-state index is 0.0330. The Morgan fingerprint density at radius 2 is 1.97 bits per heavy atom. The van der Waals surface area contributed by atoms with Crippen molar-refractivity contribution in [2.24, 2.45) is 0 Å². The summed E-state index contributed by atoms with van der Waals surface area (Å²) in [6.45, 7) is 6.50. The summed E-state index contributed by atoms with van der Waals surface area (Å²) in [5, 5.41) is 10.5. The van der Waals surface area contributed by atoms with E-state index in [1.807, 2.05) is 18.2 Å². The molecule has 2 heterocycles. The summed E-state index contributed by atoms with van der Waals surface area (Å²) < 4.78 is 5.12. The van der Waals surface area contributed by atoms with Gasteiger partial charge in [0.2, 0.25) is 5.95 Å². The molecule has 7 nitrogen and oxygen atoms in total. The van der Waals surface area contributed by atoms with E-state index < -0.39 is 0 Å². The molecule has 172 valence electrons. The van der Waals surface area contributed by atoms with Crippen LogP contribution in [0, 0.1) is 0 Å². The molecule has 2 aliphatic rings. The van der Waals surface area contributed by atoms with Crippen LogP contribution in [0.25, 0.3) is 11.3 Å². The van der Waals surface area contributed by atoms with Crippen molar-refractivity contribution in [2.45, 2.75) is 57.0 Å². The monoisotopic (exact) mass is 457 g/mol. The molecular formula is C24H32ClN5O2. The van der Waals surface area contributed by atoms with Gasteiger partial charge in [-0.05, 0) is 43.4 Å². The van der Waals surface area contributed by atoms with Gasteiger partial charge in [0.15, 0.2) is 0 Å². The first-order chi connectivity index (χ1) is 15.4. The van der Waals surface area contributed by atoms with Gasteiger partial charge < -0.3 is 20.7 Å². The maximum Gasteiger partial charge on any atom is 0.251 e. The van der Waals surface area contributed by atoms with Gasteiger partial charge in [0.1, 0.15) is 0 Å². The van der Waals surface area contributed by atoms with Gasteiger partial charge in [-0.25, -0.2) is 9.97 Å². The van der Waals surface area contributed by atoms with Gasteiger partial charge in [-0.2, -0.15) is 0 Å². The number of benzene rings is 1. The third-order valence-electron chi connectivity index (χ3n) is 6.50. The highest BCUT2D eigenvalue weighted by Crippen LogP contribution is 2.35. The lowest BCUT2D eigenvalue weighted by atomic mass is 9.78. The maximum atomic E-state index is 12.3. The predicted octanol–water partition coefficient (Wildman–Crippen LogP) is 3.78. The van der Waals surface area contributed by atoms with Crippen LogP contribution in [0.5, 0.6) is 0 Å². The van der Waals surface area contributed by atoms with Gasteiger partial charge in [-0.3, -0.25) is 4.79 Å². The topological polar surface area (TPSA) is 88.2 Å². The zero-order valence-electron chi connectivity index (χ0n) is 19.0. The van der Waals surface area contributed by atoms with Gasteiger partial charge >= 0.3 is 0 Å². The molecule has 1 amide bonds. The second-order valence-corrected chi connectivity index (χ2v) is 9.76. The molecule has 1 aliphatic heterocycles. The lowest BCUT2D eigenvalue weighted by Crippen LogP contribution is -2.43. The molecule has 0 atom stereocenters. The van der Waals surface area contributed by atoms with E-state index >= 15 is 0 Å². The minimum atomic E-state index is -0.157. The summed E-state index contributed by atoms with van der Waals surface area (Å²) in [4.78, 5) is 21.4. The number of methoxy groups -OCH3 is 1. The minimum Gasteiger partial charge on any atom is -0.383 e. The summed E-state index contributed by atoms with van der Waals surface area (Å²) in [6, 6.07) is 6.71. The quantitative estimate of drug-likeness (QED) is 0.548. The average Bonchev–Trinajstić information content (AvgIpc) is 2.79. The van der Waals surface area contributed by atoms with E-state index in [4.69, 9.17) is 21.3 Å². The Kier molecular flexibility index (Phi) is 6.98. The van der Waals surface area contributed by atoms with Gasteiger partial charge in [0, 0.05) is 48.8 Å². The lowest BCUT2D eigenvalue weighted by Gasteiger charge is -2.32. The van der Waals surface area contributed by atoms with Crippen molar-refractivity contribution in [1.29, 1.82) is 0 Å². The van der Waals surface area contributed by atoms with Crippen LogP contribution in [-0.4, -0.2) is 54.8 Å². The van der Waals surface area contributed by atoms with Crippen LogP contribution in [0.2, 0.25) is 5.02 Å². The Hall–Kier alpha value is -2.22. The molecule has 2 aromatic rings. The van der Waals surface area contributed by atoms with E-state index in [0.29, 0.717) is 40.9 Å². The highest BCUT2D eigenvalue weighted by molar-refractivity contribution is 6.32. The van der Waals surface area contributed by atoms with E-state index in [1.165, 1.54) is 0 Å². The molecule has 0 bridgehead atoms. The van der Waals surface area contributed by atoms with E-state index in [9.17, 15) is 4.79 Å². The first-order valence-corrected chi connectivity index (χ1v) is 11.7. The summed E-state index contributed by atoms with van der Waals surface area (Å²) in [5.74, 6) is 0.559. The molecule has 1 fully saturated rings. The van der Waals surface area contributed by atoms with Crippen molar-refractivity contribution >= 4 is 23.5 Å². The van der Waals surface area contributed by atoms with Crippen LogP contribution in [0.15, 0.2) is 24.4 Å². The number of halogens is 1. The average molecular weight is 458 g/mol. The molecule has 0 spiro atoms. The maximum absolute atomic E-state index is 12.3. The zero-order valence-corrected chi connectivity index (χ0v) is 19.8. The largest absolute Gasteiger partial charge is 0.383 e. The number of rotatable bonds is 7. The molecule has 1 aromatic heterocycles. The Bertz CT molecular complexity index is 973. The van der Waals surface area contributed by atoms with Crippen molar-refractivity contribution in [1.82, 2.24) is 20.6 Å². The number of fused-ring (bicyclic) bond motifs is 1. The number of carbonyl (C=O) groups excluding carboxylic acids is 1. The van der Waals surface area contributed by atoms with E-state index in [2.05, 4.69) is 34.8 Å². The number of nitrogens with zero attached hydrogens (tertiary/aromatic N) is 2. The fraction of sp³-hybridized carbons (Fsp3) is 0.542. The van der Waals surface area contributed by atoms with Crippen LogP contribution in [0.4, 0.5) is 5.95 Å². The van der Waals surface area contributed by atoms with Crippen LogP contribution in [0.3, 0.4) is 0 Å². The number of hydrogen-bond donors (Lipinski definition) is 3. The van der Waals surface area contributed by atoms with E-state index in [1.54, 1.807) is 13.3 Å². The van der Waals surface area contributed by atoms with Crippen LogP contribution in [-0.2, 0) is 10.2 Å². The number of ether oxygens (including phenoxy) is 1. The highest BCUT2D eigenvalue weighted by atomic mass is 35.5. The van der Waals surface area contributed by atoms with E-state index in [-0.39, 0.29) is 11.3 Å². The molecule has 4 rings (SSSR count). The predicted molar refractivity (Wildman–Crippen MR) is 127 cm³/mol. The Balaban J connectivity index is 1.48. The van der Waals surface area contributed by atoms with Gasteiger partial charge in [-0.15, -0.1) is 0 Å². The number of aromatic nitrogens is 2. The van der Waals surface area contributed by atoms with Crippen molar-refractivity contribution < 1.29 is 9.53 Å². The third kappa shape index (κ3) is 5.05. The van der Waals surface area contributed by atoms with Crippen LogP contribution >= 0.6 is 11.6 Å². The van der Waals surface area contributed by atoms with Crippen molar-refractivity contribution in [3.8, 4) is 11.3 Å². The van der Waals surface area contributed by atoms with Crippen molar-refractivity contribution in [3.05, 3.63) is 40.5 Å². The molecule has 3 N–H and O–H groups in total. The number of amides is 1. The number of nitrogens with one attached hydrogen (secondary N) is 3. The standard InChI is InChI=1S/C24H32ClN5O2/c1-24(2)14-28-22(31)18-9-4-15(12-19(18)24)21-20(25)13-27-23(30-21)29-17-7-5-16(6-8-17)26-10-11-32-3/h4,9,12-13,16-17,26H,5-8,10-11,14H2,1-3H3,(H,28,31)(H,27,29,30). The molecule has 1 aliphatic carbocycles. The first kappa shape index (κ1) is 23.0. The van der Waals surface area contributed by atoms with Gasteiger partial charge in [0.05, 0.1) is 23.5 Å². The zero-order chi connectivity index (χ0) is 22.7. The Morgan fingerprint density at radius 3 is 2.72 bits per heavy atom. The molecule has 0 unspecified atom stereocenters. The first-order valence-electron chi connectivity index (χ1n) is 11.3. The van der Waals surface area contributed by atoms with Crippen molar-refractivity contribution in [2.75, 3.05) is 32.1 Å². The SMILES string of the molecule is COCCNC1CCC(Nc2ncc(Cl)c(-c3ccc4c(c3)C(C)(C)CNC4=O)n2)CC1. The molecule has 8 heteroatoms. The lowest BCUT2D eigenvalue weighted by molar-refractivity contribution is 0.0930. The molecule has 1 aromatic carbocycles. The summed E-state index contributed by atoms with van der Waals surface area (Å²) in [6.07, 6.45) is 6.01. The van der Waals surface area contributed by atoms with Gasteiger partial charge in [-0.1, -0.05) is 31.5 Å². The summed E-state index contributed by atoms with van der Waals surface area (Å²) in [5.41, 5.74) is 3.15. The van der Waals surface area contributed by atoms with Crippen LogP contribution in [0.1, 0.15) is 55.5 Å². The van der Waals surface area contributed by atoms with Gasteiger partial charge in [0.25, 0.3) is 5.91 Å². The number of hydrogen-bond acceptors (Lipinski definition) is 6. The summed E-state index contributed by atoms with van der Waals surface area (Å²) in [7, 11) is 1.73. The second-order valence-electron chi connectivity index (χ2n) is 9.36. The Labute approximate surface area is 194 Å². The Morgan fingerprint density at radius 1 is 1.22 bits per heavy atom. The van der Waals surface area contributed by atoms with Crippen molar-refractivity contribution in [3.63, 3.8) is 0 Å². The summed E-state index contributed by atoms with van der Waals surface area (Å²) >= 11 is 6.49. The molecule has 0 radical (unpaired) electrons. The fourth-order valence-electron chi connectivity index (χ4n) is 4.57. The van der Waals surface area contributed by atoms with E-state index in [0.717, 1.165) is 50.0 Å².